The Balaban J connectivity index is 1.67. The van der Waals surface area contributed by atoms with Gasteiger partial charge in [-0.15, -0.1) is 0 Å². The van der Waals surface area contributed by atoms with Gasteiger partial charge < -0.3 is 10.2 Å². The van der Waals surface area contributed by atoms with Gasteiger partial charge in [0.05, 0.1) is 5.02 Å². The maximum Gasteiger partial charge on any atom is 0.263 e. The number of anilines is 1. The Kier molecular flexibility index (Phi) is 7.63. The Bertz CT molecular complexity index is 991. The van der Waals surface area contributed by atoms with Crippen LogP contribution in [0.3, 0.4) is 0 Å². The molecule has 30 heavy (non-hydrogen) atoms. The minimum atomic E-state index is -3.97. The first-order valence-electron chi connectivity index (χ1n) is 9.83. The lowest BCUT2D eigenvalue weighted by atomic mass is 10.1. The van der Waals surface area contributed by atoms with E-state index in [0.29, 0.717) is 23.2 Å². The number of rotatable bonds is 8. The van der Waals surface area contributed by atoms with Crippen LogP contribution in [0.25, 0.3) is 0 Å². The average molecular weight is 470 g/mol. The molecule has 1 amide bonds. The van der Waals surface area contributed by atoms with Crippen LogP contribution in [-0.2, 0) is 10.0 Å². The molecule has 1 heterocycles. The third-order valence-electron chi connectivity index (χ3n) is 4.96. The van der Waals surface area contributed by atoms with Gasteiger partial charge in [-0.3, -0.25) is 9.52 Å². The molecule has 1 saturated heterocycles. The number of amides is 1. The molecule has 2 N–H and O–H groups in total. The molecule has 0 bridgehead atoms. The van der Waals surface area contributed by atoms with E-state index in [1.807, 2.05) is 0 Å². The van der Waals surface area contributed by atoms with Crippen LogP contribution in [-0.4, -0.2) is 45.4 Å². The summed E-state index contributed by atoms with van der Waals surface area (Å²) in [5.41, 5.74) is 0.588. The van der Waals surface area contributed by atoms with Crippen molar-refractivity contribution >= 4 is 44.8 Å². The van der Waals surface area contributed by atoms with E-state index >= 15 is 0 Å². The second-order valence-corrected chi connectivity index (χ2v) is 10.1. The molecule has 3 rings (SSSR count). The number of hydrogen-bond donors (Lipinski definition) is 2. The normalized spacial score (nSPS) is 15.7. The van der Waals surface area contributed by atoms with Gasteiger partial charge in [0, 0.05) is 29.4 Å². The molecule has 0 aliphatic carbocycles. The Hall–Kier alpha value is -1.80. The maximum absolute atomic E-state index is 12.8. The van der Waals surface area contributed by atoms with Gasteiger partial charge in [0.15, 0.2) is 0 Å². The second kappa shape index (κ2) is 10.0. The van der Waals surface area contributed by atoms with Crippen LogP contribution >= 0.6 is 23.2 Å². The highest BCUT2D eigenvalue weighted by atomic mass is 35.5. The third-order valence-corrected chi connectivity index (χ3v) is 7.07. The van der Waals surface area contributed by atoms with E-state index in [1.165, 1.54) is 31.0 Å². The fraction of sp³-hybridized carbons (Fsp3) is 0.381. The predicted molar refractivity (Wildman–Crippen MR) is 121 cm³/mol. The quantitative estimate of drug-likeness (QED) is 0.605. The molecule has 1 fully saturated rings. The van der Waals surface area contributed by atoms with Gasteiger partial charge in [-0.05, 0) is 74.3 Å². The second-order valence-electron chi connectivity index (χ2n) is 7.58. The highest BCUT2D eigenvalue weighted by Gasteiger charge is 2.21. The molecule has 0 radical (unpaired) electrons. The SMILES string of the molecule is CC(CNC(=O)c1ccc(Cl)c(S(=O)(=O)Nc2ccc(Cl)cc2)c1)CN1CCCC1. The minimum Gasteiger partial charge on any atom is -0.352 e. The summed E-state index contributed by atoms with van der Waals surface area (Å²) in [7, 11) is -3.97. The van der Waals surface area contributed by atoms with Crippen molar-refractivity contribution in [2.45, 2.75) is 24.7 Å². The zero-order chi connectivity index (χ0) is 21.7. The largest absolute Gasteiger partial charge is 0.352 e. The van der Waals surface area contributed by atoms with Crippen molar-refractivity contribution in [1.29, 1.82) is 0 Å². The van der Waals surface area contributed by atoms with Gasteiger partial charge in [-0.1, -0.05) is 30.1 Å². The summed E-state index contributed by atoms with van der Waals surface area (Å²) in [6.07, 6.45) is 2.45. The summed E-state index contributed by atoms with van der Waals surface area (Å²) < 4.78 is 28.0. The number of nitrogens with zero attached hydrogens (tertiary/aromatic N) is 1. The lowest BCUT2D eigenvalue weighted by Crippen LogP contribution is -2.34. The summed E-state index contributed by atoms with van der Waals surface area (Å²) in [6.45, 7) is 5.76. The molecule has 1 aliphatic rings. The molecule has 1 atom stereocenters. The van der Waals surface area contributed by atoms with Crippen LogP contribution in [0.1, 0.15) is 30.1 Å². The topological polar surface area (TPSA) is 78.5 Å². The average Bonchev–Trinajstić information content (AvgIpc) is 3.21. The number of carbonyl (C=O) groups excluding carboxylic acids is 1. The van der Waals surface area contributed by atoms with Gasteiger partial charge in [-0.25, -0.2) is 8.42 Å². The van der Waals surface area contributed by atoms with Gasteiger partial charge in [0.2, 0.25) is 0 Å². The molecule has 2 aromatic carbocycles. The monoisotopic (exact) mass is 469 g/mol. The highest BCUT2D eigenvalue weighted by Crippen LogP contribution is 2.25. The molecule has 2 aromatic rings. The Labute approximate surface area is 187 Å². The first-order valence-corrected chi connectivity index (χ1v) is 12.1. The van der Waals surface area contributed by atoms with Gasteiger partial charge in [0.1, 0.15) is 4.90 Å². The first-order chi connectivity index (χ1) is 14.2. The van der Waals surface area contributed by atoms with Crippen molar-refractivity contribution < 1.29 is 13.2 Å². The summed E-state index contributed by atoms with van der Waals surface area (Å²) in [4.78, 5) is 14.8. The van der Waals surface area contributed by atoms with Crippen LogP contribution in [0.4, 0.5) is 5.69 Å². The Morgan fingerprint density at radius 2 is 1.77 bits per heavy atom. The number of benzene rings is 2. The zero-order valence-electron chi connectivity index (χ0n) is 16.7. The number of likely N-dealkylation sites (tertiary alicyclic amines) is 1. The molecular weight excluding hydrogens is 445 g/mol. The van der Waals surface area contributed by atoms with Crippen molar-refractivity contribution in [3.05, 3.63) is 58.1 Å². The van der Waals surface area contributed by atoms with Crippen molar-refractivity contribution in [2.24, 2.45) is 5.92 Å². The number of carbonyl (C=O) groups is 1. The van der Waals surface area contributed by atoms with E-state index in [-0.39, 0.29) is 21.4 Å². The summed E-state index contributed by atoms with van der Waals surface area (Å²) >= 11 is 12.0. The molecule has 1 unspecified atom stereocenters. The lowest BCUT2D eigenvalue weighted by Gasteiger charge is -2.20. The highest BCUT2D eigenvalue weighted by molar-refractivity contribution is 7.92. The summed E-state index contributed by atoms with van der Waals surface area (Å²) in [6, 6.07) is 10.5. The van der Waals surface area contributed by atoms with E-state index in [0.717, 1.165) is 19.6 Å². The molecule has 162 valence electrons. The summed E-state index contributed by atoms with van der Waals surface area (Å²) in [5, 5.41) is 3.42. The van der Waals surface area contributed by atoms with Crippen molar-refractivity contribution in [3.8, 4) is 0 Å². The Morgan fingerprint density at radius 1 is 1.10 bits per heavy atom. The van der Waals surface area contributed by atoms with Crippen LogP contribution in [0.2, 0.25) is 10.0 Å². The molecule has 1 aliphatic heterocycles. The van der Waals surface area contributed by atoms with E-state index in [9.17, 15) is 13.2 Å². The third kappa shape index (κ3) is 6.11. The van der Waals surface area contributed by atoms with Crippen LogP contribution in [0, 0.1) is 5.92 Å². The molecular formula is C21H25Cl2N3O3S. The van der Waals surface area contributed by atoms with E-state index in [2.05, 4.69) is 21.9 Å². The maximum atomic E-state index is 12.8. The fourth-order valence-electron chi connectivity index (χ4n) is 3.42. The van der Waals surface area contributed by atoms with Crippen LogP contribution in [0.5, 0.6) is 0 Å². The van der Waals surface area contributed by atoms with E-state index < -0.39 is 10.0 Å². The van der Waals surface area contributed by atoms with Crippen molar-refractivity contribution in [3.63, 3.8) is 0 Å². The standard InChI is InChI=1S/C21H25Cl2N3O3S/c1-15(14-26-10-2-3-11-26)13-24-21(27)16-4-9-19(23)20(12-16)30(28,29)25-18-7-5-17(22)6-8-18/h4-9,12,15,25H,2-3,10-11,13-14H2,1H3,(H,24,27). The van der Waals surface area contributed by atoms with Crippen molar-refractivity contribution in [2.75, 3.05) is 30.9 Å². The van der Waals surface area contributed by atoms with Crippen LogP contribution < -0.4 is 10.0 Å². The van der Waals surface area contributed by atoms with Crippen molar-refractivity contribution in [1.82, 2.24) is 10.2 Å². The number of nitrogens with one attached hydrogen (secondary N) is 2. The predicted octanol–water partition coefficient (Wildman–Crippen LogP) is 4.26. The summed E-state index contributed by atoms with van der Waals surface area (Å²) in [5.74, 6) is -0.0305. The number of sulfonamides is 1. The zero-order valence-corrected chi connectivity index (χ0v) is 19.0. The fourth-order valence-corrected chi connectivity index (χ4v) is 5.13. The van der Waals surface area contributed by atoms with Gasteiger partial charge >= 0.3 is 0 Å². The minimum absolute atomic E-state index is 0.0374. The lowest BCUT2D eigenvalue weighted by molar-refractivity contribution is 0.0945. The van der Waals surface area contributed by atoms with E-state index in [1.54, 1.807) is 24.3 Å². The molecule has 9 heteroatoms. The smallest absolute Gasteiger partial charge is 0.263 e. The number of hydrogen-bond acceptors (Lipinski definition) is 4. The molecule has 6 nitrogen and oxygen atoms in total. The number of halogens is 2. The van der Waals surface area contributed by atoms with Gasteiger partial charge in [-0.2, -0.15) is 0 Å². The van der Waals surface area contributed by atoms with E-state index in [4.69, 9.17) is 23.2 Å². The Morgan fingerprint density at radius 3 is 2.43 bits per heavy atom. The molecule has 0 spiro atoms. The van der Waals surface area contributed by atoms with Crippen LogP contribution in [0.15, 0.2) is 47.4 Å². The molecule has 0 saturated carbocycles. The molecule has 0 aromatic heterocycles. The van der Waals surface area contributed by atoms with Gasteiger partial charge in [0.25, 0.3) is 15.9 Å². The first kappa shape index (κ1) is 22.9.